The lowest BCUT2D eigenvalue weighted by molar-refractivity contribution is 0.246. The van der Waals surface area contributed by atoms with Crippen LogP contribution in [0.1, 0.15) is 34.2 Å². The third kappa shape index (κ3) is 3.28. The molecule has 0 fully saturated rings. The summed E-state index contributed by atoms with van der Waals surface area (Å²) in [6.07, 6.45) is 0. The molecule has 0 N–H and O–H groups in total. The fourth-order valence-electron chi connectivity index (χ4n) is 2.95. The van der Waals surface area contributed by atoms with Crippen molar-refractivity contribution in [3.8, 4) is 5.75 Å². The van der Waals surface area contributed by atoms with E-state index in [1.54, 1.807) is 18.4 Å². The maximum absolute atomic E-state index is 5.44. The van der Waals surface area contributed by atoms with Crippen LogP contribution in [0.5, 0.6) is 5.75 Å². The van der Waals surface area contributed by atoms with Gasteiger partial charge in [0.2, 0.25) is 0 Å². The van der Waals surface area contributed by atoms with Gasteiger partial charge in [0.15, 0.2) is 0 Å². The smallest absolute Gasteiger partial charge is 0.145 e. The predicted octanol–water partition coefficient (Wildman–Crippen LogP) is 4.51. The van der Waals surface area contributed by atoms with E-state index in [0.29, 0.717) is 0 Å². The summed E-state index contributed by atoms with van der Waals surface area (Å²) < 4.78 is 5.44. The number of pyridine rings is 1. The van der Waals surface area contributed by atoms with Gasteiger partial charge in [0.25, 0.3) is 0 Å². The van der Waals surface area contributed by atoms with Crippen molar-refractivity contribution >= 4 is 22.2 Å². The molecule has 0 spiro atoms. The number of rotatable bonds is 5. The van der Waals surface area contributed by atoms with Gasteiger partial charge in [-0.25, -0.2) is 9.97 Å². The van der Waals surface area contributed by atoms with Crippen LogP contribution in [-0.2, 0) is 6.54 Å². The van der Waals surface area contributed by atoms with E-state index >= 15 is 0 Å². The maximum Gasteiger partial charge on any atom is 0.145 e. The molecule has 126 valence electrons. The Labute approximate surface area is 147 Å². The zero-order valence-electron chi connectivity index (χ0n) is 14.8. The molecule has 0 saturated carbocycles. The number of hydrogen-bond donors (Lipinski definition) is 0. The number of nitrogens with zero attached hydrogens (tertiary/aromatic N) is 3. The van der Waals surface area contributed by atoms with Crippen molar-refractivity contribution in [2.75, 3.05) is 14.2 Å². The zero-order valence-corrected chi connectivity index (χ0v) is 15.6. The van der Waals surface area contributed by atoms with Crippen molar-refractivity contribution in [3.05, 3.63) is 51.6 Å². The molecule has 2 aromatic heterocycles. The van der Waals surface area contributed by atoms with E-state index in [-0.39, 0.29) is 6.04 Å². The Morgan fingerprint density at radius 1 is 1.17 bits per heavy atom. The molecule has 1 aromatic carbocycles. The Morgan fingerprint density at radius 2 is 1.96 bits per heavy atom. The minimum Gasteiger partial charge on any atom is -0.494 e. The van der Waals surface area contributed by atoms with Crippen LogP contribution < -0.4 is 4.74 Å². The molecule has 0 bridgehead atoms. The normalized spacial score (nSPS) is 12.8. The van der Waals surface area contributed by atoms with Crippen molar-refractivity contribution in [1.29, 1.82) is 0 Å². The molecule has 2 heterocycles. The van der Waals surface area contributed by atoms with Crippen LogP contribution in [0.3, 0.4) is 0 Å². The number of hydrogen-bond acceptors (Lipinski definition) is 5. The molecule has 3 rings (SSSR count). The second-order valence-electron chi connectivity index (χ2n) is 6.10. The molecule has 0 aliphatic carbocycles. The first-order valence-corrected chi connectivity index (χ1v) is 8.88. The third-order valence-electron chi connectivity index (χ3n) is 4.37. The summed E-state index contributed by atoms with van der Waals surface area (Å²) >= 11 is 1.76. The van der Waals surface area contributed by atoms with Crippen molar-refractivity contribution in [2.24, 2.45) is 0 Å². The van der Waals surface area contributed by atoms with Crippen LogP contribution in [0, 0.1) is 13.8 Å². The van der Waals surface area contributed by atoms with Gasteiger partial charge >= 0.3 is 0 Å². The average Bonchev–Trinajstić information content (AvgIpc) is 2.91. The number of aryl methyl sites for hydroxylation is 2. The fraction of sp³-hybridized carbons (Fsp3) is 0.368. The summed E-state index contributed by atoms with van der Waals surface area (Å²) in [7, 11) is 3.80. The van der Waals surface area contributed by atoms with Gasteiger partial charge < -0.3 is 4.74 Å². The van der Waals surface area contributed by atoms with E-state index in [0.717, 1.165) is 33.9 Å². The highest BCUT2D eigenvalue weighted by Gasteiger charge is 2.18. The quantitative estimate of drug-likeness (QED) is 0.684. The average molecular weight is 341 g/mol. The van der Waals surface area contributed by atoms with Crippen molar-refractivity contribution in [2.45, 2.75) is 33.4 Å². The Bertz CT molecular complexity index is 859. The molecular weight excluding hydrogens is 318 g/mol. The van der Waals surface area contributed by atoms with E-state index in [1.165, 1.54) is 10.6 Å². The molecule has 3 aromatic rings. The molecule has 0 amide bonds. The highest BCUT2D eigenvalue weighted by Crippen LogP contribution is 2.28. The van der Waals surface area contributed by atoms with Gasteiger partial charge in [-0.1, -0.05) is 18.2 Å². The first kappa shape index (κ1) is 16.9. The SMILES string of the molecule is COc1cccc2ccc(CN(C)[C@H](C)c3nc(C)sc3C)nc12. The van der Waals surface area contributed by atoms with Gasteiger partial charge in [0.1, 0.15) is 11.3 Å². The molecule has 1 atom stereocenters. The van der Waals surface area contributed by atoms with Crippen LogP contribution in [0.4, 0.5) is 0 Å². The minimum atomic E-state index is 0.255. The summed E-state index contributed by atoms with van der Waals surface area (Å²) in [5.41, 5.74) is 3.11. The largest absolute Gasteiger partial charge is 0.494 e. The zero-order chi connectivity index (χ0) is 17.3. The van der Waals surface area contributed by atoms with Gasteiger partial charge in [-0.2, -0.15) is 0 Å². The Kier molecular flexibility index (Phi) is 4.83. The number of methoxy groups -OCH3 is 1. The molecule has 0 aliphatic rings. The van der Waals surface area contributed by atoms with Gasteiger partial charge in [0, 0.05) is 16.8 Å². The summed E-state index contributed by atoms with van der Waals surface area (Å²) in [5, 5.41) is 2.22. The summed E-state index contributed by atoms with van der Waals surface area (Å²) in [6, 6.07) is 10.4. The Hall–Kier alpha value is -1.98. The van der Waals surface area contributed by atoms with Gasteiger partial charge in [-0.3, -0.25) is 4.90 Å². The van der Waals surface area contributed by atoms with E-state index in [4.69, 9.17) is 9.72 Å². The molecule has 0 radical (unpaired) electrons. The third-order valence-corrected chi connectivity index (χ3v) is 5.27. The standard InChI is InChI=1S/C19H23N3OS/c1-12(18-13(2)24-14(3)20-18)22(4)11-16-10-9-15-7-6-8-17(23-5)19(15)21-16/h6-10,12H,11H2,1-5H3/t12-/m1/s1. The summed E-state index contributed by atoms with van der Waals surface area (Å²) in [5.74, 6) is 0.816. The second-order valence-corrected chi connectivity index (χ2v) is 7.51. The topological polar surface area (TPSA) is 38.2 Å². The molecule has 0 saturated heterocycles. The molecule has 5 heteroatoms. The lowest BCUT2D eigenvalue weighted by atomic mass is 10.1. The molecular formula is C19H23N3OS. The first-order valence-electron chi connectivity index (χ1n) is 8.06. The van der Waals surface area contributed by atoms with Crippen LogP contribution in [-0.4, -0.2) is 29.0 Å². The molecule has 4 nitrogen and oxygen atoms in total. The molecule has 0 unspecified atom stereocenters. The first-order chi connectivity index (χ1) is 11.5. The number of ether oxygens (including phenoxy) is 1. The van der Waals surface area contributed by atoms with Crippen LogP contribution in [0.25, 0.3) is 10.9 Å². The van der Waals surface area contributed by atoms with E-state index in [9.17, 15) is 0 Å². The summed E-state index contributed by atoms with van der Waals surface area (Å²) in [4.78, 5) is 13.1. The van der Waals surface area contributed by atoms with Crippen molar-refractivity contribution < 1.29 is 4.74 Å². The van der Waals surface area contributed by atoms with Gasteiger partial charge in [-0.15, -0.1) is 11.3 Å². The minimum absolute atomic E-state index is 0.255. The fourth-order valence-corrected chi connectivity index (χ4v) is 3.85. The van der Waals surface area contributed by atoms with Crippen LogP contribution >= 0.6 is 11.3 Å². The Morgan fingerprint density at radius 3 is 2.62 bits per heavy atom. The van der Waals surface area contributed by atoms with Gasteiger partial charge in [0.05, 0.1) is 29.5 Å². The molecule has 0 aliphatic heterocycles. The van der Waals surface area contributed by atoms with E-state index in [1.807, 2.05) is 12.1 Å². The van der Waals surface area contributed by atoms with E-state index in [2.05, 4.69) is 55.9 Å². The van der Waals surface area contributed by atoms with Crippen LogP contribution in [0.15, 0.2) is 30.3 Å². The highest BCUT2D eigenvalue weighted by molar-refractivity contribution is 7.11. The number of benzene rings is 1. The predicted molar refractivity (Wildman–Crippen MR) is 99.8 cm³/mol. The lowest BCUT2D eigenvalue weighted by Gasteiger charge is -2.23. The molecule has 24 heavy (non-hydrogen) atoms. The second kappa shape index (κ2) is 6.87. The number of thiazole rings is 1. The number of aromatic nitrogens is 2. The maximum atomic E-state index is 5.44. The van der Waals surface area contributed by atoms with Crippen LogP contribution in [0.2, 0.25) is 0 Å². The highest BCUT2D eigenvalue weighted by atomic mass is 32.1. The number of para-hydroxylation sites is 1. The van der Waals surface area contributed by atoms with E-state index < -0.39 is 0 Å². The monoisotopic (exact) mass is 341 g/mol. The Balaban J connectivity index is 1.85. The summed E-state index contributed by atoms with van der Waals surface area (Å²) in [6.45, 7) is 7.17. The van der Waals surface area contributed by atoms with Crippen molar-refractivity contribution in [1.82, 2.24) is 14.9 Å². The lowest BCUT2D eigenvalue weighted by Crippen LogP contribution is -2.23. The number of fused-ring (bicyclic) bond motifs is 1. The van der Waals surface area contributed by atoms with Crippen molar-refractivity contribution in [3.63, 3.8) is 0 Å². The van der Waals surface area contributed by atoms with Gasteiger partial charge in [-0.05, 0) is 40.0 Å².